The largest absolute Gasteiger partial charge is 0.390 e. The van der Waals surface area contributed by atoms with Crippen LogP contribution in [0.4, 0.5) is 0 Å². The van der Waals surface area contributed by atoms with Gasteiger partial charge in [-0.1, -0.05) is 12.8 Å². The molecule has 2 rings (SSSR count). The number of hydrogen-bond donors (Lipinski definition) is 1. The van der Waals surface area contributed by atoms with E-state index in [0.29, 0.717) is 10.5 Å². The number of hydrogen-bond acceptors (Lipinski definition) is 3. The molecule has 1 N–H and O–H groups in total. The van der Waals surface area contributed by atoms with Gasteiger partial charge in [-0.25, -0.2) is 0 Å². The minimum Gasteiger partial charge on any atom is -0.390 e. The summed E-state index contributed by atoms with van der Waals surface area (Å²) in [6.45, 7) is 2.05. The van der Waals surface area contributed by atoms with E-state index in [1.54, 1.807) is 0 Å². The van der Waals surface area contributed by atoms with Gasteiger partial charge in [0, 0.05) is 5.92 Å². The Balaban J connectivity index is 1.99. The summed E-state index contributed by atoms with van der Waals surface area (Å²) in [6, 6.07) is 0. The van der Waals surface area contributed by atoms with Gasteiger partial charge in [-0.3, -0.25) is 0 Å². The summed E-state index contributed by atoms with van der Waals surface area (Å²) in [5, 5.41) is 10.4. The van der Waals surface area contributed by atoms with Crippen molar-refractivity contribution in [2.75, 3.05) is 11.5 Å². The minimum absolute atomic E-state index is 0.389. The molecule has 2 atom stereocenters. The first-order valence-electron chi connectivity index (χ1n) is 5.66. The maximum absolute atomic E-state index is 10.4. The first-order valence-corrected chi connectivity index (χ1v) is 7.75. The van der Waals surface area contributed by atoms with E-state index in [2.05, 4.69) is 23.5 Å². The summed E-state index contributed by atoms with van der Waals surface area (Å²) in [7, 11) is 0. The molecule has 1 aliphatic carbocycles. The average molecular weight is 232 g/mol. The lowest BCUT2D eigenvalue weighted by molar-refractivity contribution is -0.0249. The number of thioether (sulfide) groups is 2. The Hall–Kier alpha value is 0.660. The van der Waals surface area contributed by atoms with Crippen molar-refractivity contribution in [3.63, 3.8) is 0 Å². The molecule has 0 bridgehead atoms. The van der Waals surface area contributed by atoms with Crippen LogP contribution in [-0.4, -0.2) is 26.8 Å². The molecule has 0 aromatic carbocycles. The number of rotatable bonds is 1. The van der Waals surface area contributed by atoms with E-state index in [0.717, 1.165) is 6.42 Å². The minimum atomic E-state index is -0.389. The Bertz CT molecular complexity index is 188. The van der Waals surface area contributed by atoms with Crippen LogP contribution in [0.25, 0.3) is 0 Å². The van der Waals surface area contributed by atoms with Gasteiger partial charge >= 0.3 is 0 Å². The zero-order chi connectivity index (χ0) is 10.0. The molecule has 0 spiro atoms. The van der Waals surface area contributed by atoms with Crippen LogP contribution in [0.5, 0.6) is 0 Å². The lowest BCUT2D eigenvalue weighted by Gasteiger charge is -2.42. The molecule has 0 aromatic rings. The topological polar surface area (TPSA) is 20.2 Å². The van der Waals surface area contributed by atoms with Gasteiger partial charge < -0.3 is 5.11 Å². The van der Waals surface area contributed by atoms with Crippen molar-refractivity contribution < 1.29 is 5.11 Å². The SMILES string of the molecule is CC1(O)CCCCC1C1SCCCS1. The fraction of sp³-hybridized carbons (Fsp3) is 1.00. The first-order chi connectivity index (χ1) is 6.70. The Morgan fingerprint density at radius 1 is 1.14 bits per heavy atom. The molecule has 0 amide bonds. The van der Waals surface area contributed by atoms with E-state index in [-0.39, 0.29) is 5.60 Å². The highest BCUT2D eigenvalue weighted by Crippen LogP contribution is 2.46. The fourth-order valence-electron chi connectivity index (χ4n) is 2.51. The molecule has 14 heavy (non-hydrogen) atoms. The van der Waals surface area contributed by atoms with E-state index < -0.39 is 0 Å². The molecule has 2 fully saturated rings. The lowest BCUT2D eigenvalue weighted by atomic mass is 9.77. The molecule has 2 aliphatic rings. The van der Waals surface area contributed by atoms with Crippen molar-refractivity contribution >= 4 is 23.5 Å². The van der Waals surface area contributed by atoms with E-state index >= 15 is 0 Å². The van der Waals surface area contributed by atoms with E-state index in [1.807, 2.05) is 6.92 Å². The summed E-state index contributed by atoms with van der Waals surface area (Å²) >= 11 is 4.15. The van der Waals surface area contributed by atoms with E-state index in [4.69, 9.17) is 0 Å². The summed E-state index contributed by atoms with van der Waals surface area (Å²) < 4.78 is 0.666. The third kappa shape index (κ3) is 2.42. The molecule has 1 aliphatic heterocycles. The molecule has 82 valence electrons. The van der Waals surface area contributed by atoms with Crippen molar-refractivity contribution in [3.8, 4) is 0 Å². The monoisotopic (exact) mass is 232 g/mol. The molecule has 0 aromatic heterocycles. The van der Waals surface area contributed by atoms with Crippen molar-refractivity contribution in [1.82, 2.24) is 0 Å². The van der Waals surface area contributed by atoms with Crippen molar-refractivity contribution in [1.29, 1.82) is 0 Å². The highest BCUT2D eigenvalue weighted by molar-refractivity contribution is 8.17. The molecule has 3 heteroatoms. The Labute approximate surface area is 95.4 Å². The number of aliphatic hydroxyl groups is 1. The Morgan fingerprint density at radius 2 is 1.86 bits per heavy atom. The molecular formula is C11H20OS2. The predicted octanol–water partition coefficient (Wildman–Crippen LogP) is 3.12. The maximum Gasteiger partial charge on any atom is 0.0666 e. The second-order valence-electron chi connectivity index (χ2n) is 4.67. The normalized spacial score (nSPS) is 41.1. The van der Waals surface area contributed by atoms with Gasteiger partial charge in [0.05, 0.1) is 10.2 Å². The van der Waals surface area contributed by atoms with Crippen molar-refractivity contribution in [3.05, 3.63) is 0 Å². The predicted molar refractivity (Wildman–Crippen MR) is 65.9 cm³/mol. The smallest absolute Gasteiger partial charge is 0.0666 e. The highest BCUT2D eigenvalue weighted by Gasteiger charge is 2.40. The summed E-state index contributed by atoms with van der Waals surface area (Å²) in [5.41, 5.74) is -0.389. The Kier molecular flexibility index (Phi) is 3.72. The molecule has 1 saturated carbocycles. The standard InChI is InChI=1S/C11H20OS2/c1-11(12)6-3-2-5-9(11)10-13-7-4-8-14-10/h9-10,12H,2-8H2,1H3. The quantitative estimate of drug-likeness (QED) is 0.750. The van der Waals surface area contributed by atoms with E-state index in [9.17, 15) is 5.11 Å². The van der Waals surface area contributed by atoms with Gasteiger partial charge in [0.15, 0.2) is 0 Å². The van der Waals surface area contributed by atoms with Crippen LogP contribution in [0, 0.1) is 5.92 Å². The molecule has 1 saturated heterocycles. The molecule has 0 radical (unpaired) electrons. The second-order valence-corrected chi connectivity index (χ2v) is 7.47. The van der Waals surface area contributed by atoms with Crippen molar-refractivity contribution in [2.45, 2.75) is 49.2 Å². The maximum atomic E-state index is 10.4. The fourth-order valence-corrected chi connectivity index (χ4v) is 6.07. The van der Waals surface area contributed by atoms with Crippen LogP contribution >= 0.6 is 23.5 Å². The summed E-state index contributed by atoms with van der Waals surface area (Å²) in [4.78, 5) is 0. The van der Waals surface area contributed by atoms with Crippen LogP contribution in [0.1, 0.15) is 39.0 Å². The van der Waals surface area contributed by atoms with Gasteiger partial charge in [-0.15, -0.1) is 23.5 Å². The van der Waals surface area contributed by atoms with Gasteiger partial charge in [0.25, 0.3) is 0 Å². The molecule has 2 unspecified atom stereocenters. The van der Waals surface area contributed by atoms with Crippen LogP contribution in [0.3, 0.4) is 0 Å². The van der Waals surface area contributed by atoms with Crippen molar-refractivity contribution in [2.24, 2.45) is 5.92 Å². The zero-order valence-corrected chi connectivity index (χ0v) is 10.5. The van der Waals surface area contributed by atoms with Gasteiger partial charge in [-0.2, -0.15) is 0 Å². The molecule has 1 heterocycles. The average Bonchev–Trinajstić information content (AvgIpc) is 2.18. The van der Waals surface area contributed by atoms with Gasteiger partial charge in [-0.05, 0) is 37.7 Å². The van der Waals surface area contributed by atoms with Gasteiger partial charge in [0.1, 0.15) is 0 Å². The van der Waals surface area contributed by atoms with Crippen LogP contribution in [-0.2, 0) is 0 Å². The zero-order valence-electron chi connectivity index (χ0n) is 8.87. The van der Waals surface area contributed by atoms with Crippen LogP contribution in [0.15, 0.2) is 0 Å². The van der Waals surface area contributed by atoms with Crippen LogP contribution < -0.4 is 0 Å². The Morgan fingerprint density at radius 3 is 2.50 bits per heavy atom. The third-order valence-electron chi connectivity index (χ3n) is 3.43. The summed E-state index contributed by atoms with van der Waals surface area (Å²) in [5.74, 6) is 3.13. The second kappa shape index (κ2) is 4.67. The van der Waals surface area contributed by atoms with Crippen LogP contribution in [0.2, 0.25) is 0 Å². The molecule has 1 nitrogen and oxygen atoms in total. The third-order valence-corrected chi connectivity index (χ3v) is 6.61. The first kappa shape index (κ1) is 11.2. The molecular weight excluding hydrogens is 212 g/mol. The van der Waals surface area contributed by atoms with Gasteiger partial charge in [0.2, 0.25) is 0 Å². The lowest BCUT2D eigenvalue weighted by Crippen LogP contribution is -2.42. The summed E-state index contributed by atoms with van der Waals surface area (Å²) in [6.07, 6.45) is 6.12. The van der Waals surface area contributed by atoms with E-state index in [1.165, 1.54) is 37.2 Å². The highest BCUT2D eigenvalue weighted by atomic mass is 32.2.